The number of aryl methyl sites for hydroxylation is 2. The number of ketones is 1. The van der Waals surface area contributed by atoms with Crippen molar-refractivity contribution in [1.29, 1.82) is 0 Å². The van der Waals surface area contributed by atoms with Gasteiger partial charge < -0.3 is 10.1 Å². The summed E-state index contributed by atoms with van der Waals surface area (Å²) in [4.78, 5) is 23.6. The van der Waals surface area contributed by atoms with Gasteiger partial charge in [0.1, 0.15) is 5.75 Å². The van der Waals surface area contributed by atoms with E-state index in [1.807, 2.05) is 32.0 Å². The zero-order valence-electron chi connectivity index (χ0n) is 13.8. The van der Waals surface area contributed by atoms with Crippen LogP contribution in [-0.4, -0.2) is 17.8 Å². The lowest BCUT2D eigenvalue weighted by Crippen LogP contribution is -2.30. The van der Waals surface area contributed by atoms with Gasteiger partial charge in [-0.1, -0.05) is 18.2 Å². The minimum Gasteiger partial charge on any atom is -0.481 e. The highest BCUT2D eigenvalue weighted by Crippen LogP contribution is 2.18. The van der Waals surface area contributed by atoms with Crippen molar-refractivity contribution < 1.29 is 14.3 Å². The Balaban J connectivity index is 2.03. The standard InChI is InChI=1S/C19H21NO3/c1-12-8-9-18(10-13(12)2)23-15(4)19(22)20-17-7-5-6-16(11-17)14(3)21/h5-11,15H,1-4H3,(H,20,22)/t15-/m0/s1. The Hall–Kier alpha value is -2.62. The number of carbonyl (C=O) groups excluding carboxylic acids is 2. The van der Waals surface area contributed by atoms with Crippen LogP contribution in [0.4, 0.5) is 5.69 Å². The van der Waals surface area contributed by atoms with E-state index in [0.717, 1.165) is 5.56 Å². The van der Waals surface area contributed by atoms with E-state index >= 15 is 0 Å². The van der Waals surface area contributed by atoms with Crippen molar-refractivity contribution in [2.45, 2.75) is 33.8 Å². The zero-order valence-corrected chi connectivity index (χ0v) is 13.8. The first-order chi connectivity index (χ1) is 10.9. The third-order valence-electron chi connectivity index (χ3n) is 3.70. The Labute approximate surface area is 136 Å². The van der Waals surface area contributed by atoms with Gasteiger partial charge in [-0.15, -0.1) is 0 Å². The SMILES string of the molecule is CC(=O)c1cccc(NC(=O)[C@H](C)Oc2ccc(C)c(C)c2)c1. The number of carbonyl (C=O) groups is 2. The molecule has 120 valence electrons. The van der Waals surface area contributed by atoms with E-state index in [2.05, 4.69) is 5.32 Å². The van der Waals surface area contributed by atoms with Gasteiger partial charge in [0.25, 0.3) is 5.91 Å². The summed E-state index contributed by atoms with van der Waals surface area (Å²) in [5, 5.41) is 2.77. The number of hydrogen-bond acceptors (Lipinski definition) is 3. The molecule has 0 fully saturated rings. The quantitative estimate of drug-likeness (QED) is 0.852. The molecule has 0 aliphatic rings. The molecule has 1 amide bonds. The Kier molecular flexibility index (Phi) is 5.16. The Morgan fingerprint density at radius 1 is 1.04 bits per heavy atom. The van der Waals surface area contributed by atoms with E-state index in [4.69, 9.17) is 4.74 Å². The first-order valence-electron chi connectivity index (χ1n) is 7.52. The molecule has 0 heterocycles. The molecule has 23 heavy (non-hydrogen) atoms. The van der Waals surface area contributed by atoms with Crippen molar-refractivity contribution in [2.75, 3.05) is 5.32 Å². The Morgan fingerprint density at radius 2 is 1.78 bits per heavy atom. The lowest BCUT2D eigenvalue weighted by Gasteiger charge is -2.16. The van der Waals surface area contributed by atoms with Crippen LogP contribution in [0.1, 0.15) is 35.3 Å². The lowest BCUT2D eigenvalue weighted by atomic mass is 10.1. The fourth-order valence-electron chi connectivity index (χ4n) is 2.10. The molecule has 2 aromatic carbocycles. The molecule has 1 N–H and O–H groups in total. The van der Waals surface area contributed by atoms with Crippen LogP contribution in [-0.2, 0) is 4.79 Å². The topological polar surface area (TPSA) is 55.4 Å². The monoisotopic (exact) mass is 311 g/mol. The summed E-state index contributed by atoms with van der Waals surface area (Å²) in [5.74, 6) is 0.359. The summed E-state index contributed by atoms with van der Waals surface area (Å²) in [6, 6.07) is 12.6. The second-order valence-corrected chi connectivity index (χ2v) is 5.63. The van der Waals surface area contributed by atoms with Gasteiger partial charge in [0, 0.05) is 11.3 Å². The number of ether oxygens (including phenoxy) is 1. The molecule has 2 rings (SSSR count). The highest BCUT2D eigenvalue weighted by Gasteiger charge is 2.15. The van der Waals surface area contributed by atoms with Gasteiger partial charge in [0.15, 0.2) is 11.9 Å². The van der Waals surface area contributed by atoms with Crippen molar-refractivity contribution >= 4 is 17.4 Å². The molecule has 4 heteroatoms. The van der Waals surface area contributed by atoms with Crippen molar-refractivity contribution in [3.8, 4) is 5.75 Å². The smallest absolute Gasteiger partial charge is 0.265 e. The predicted octanol–water partition coefficient (Wildman–Crippen LogP) is 3.91. The average Bonchev–Trinajstić information content (AvgIpc) is 2.51. The summed E-state index contributed by atoms with van der Waals surface area (Å²) in [6.45, 7) is 7.21. The highest BCUT2D eigenvalue weighted by molar-refractivity contribution is 5.98. The third-order valence-corrected chi connectivity index (χ3v) is 3.70. The van der Waals surface area contributed by atoms with Crippen LogP contribution < -0.4 is 10.1 Å². The largest absolute Gasteiger partial charge is 0.481 e. The Bertz CT molecular complexity index is 737. The number of Topliss-reactive ketones (excluding diaryl/α,β-unsaturated/α-hetero) is 1. The van der Waals surface area contributed by atoms with E-state index in [1.54, 1.807) is 31.2 Å². The zero-order chi connectivity index (χ0) is 17.0. The van der Waals surface area contributed by atoms with Gasteiger partial charge in [-0.2, -0.15) is 0 Å². The fourth-order valence-corrected chi connectivity index (χ4v) is 2.10. The molecule has 0 unspecified atom stereocenters. The first kappa shape index (κ1) is 16.7. The van der Waals surface area contributed by atoms with Gasteiger partial charge in [-0.25, -0.2) is 0 Å². The van der Waals surface area contributed by atoms with Crippen LogP contribution in [0.15, 0.2) is 42.5 Å². The predicted molar refractivity (Wildman–Crippen MR) is 91.1 cm³/mol. The van der Waals surface area contributed by atoms with Gasteiger partial charge in [-0.3, -0.25) is 9.59 Å². The molecule has 0 saturated carbocycles. The van der Waals surface area contributed by atoms with Crippen molar-refractivity contribution in [2.24, 2.45) is 0 Å². The second-order valence-electron chi connectivity index (χ2n) is 5.63. The summed E-state index contributed by atoms with van der Waals surface area (Å²) in [7, 11) is 0. The number of benzene rings is 2. The van der Waals surface area contributed by atoms with Crippen molar-refractivity contribution in [1.82, 2.24) is 0 Å². The van der Waals surface area contributed by atoms with Crippen LogP contribution in [0.3, 0.4) is 0 Å². The highest BCUT2D eigenvalue weighted by atomic mass is 16.5. The molecule has 0 aromatic heterocycles. The summed E-state index contributed by atoms with van der Waals surface area (Å²) < 4.78 is 5.68. The fraction of sp³-hybridized carbons (Fsp3) is 0.263. The molecular formula is C19H21NO3. The minimum atomic E-state index is -0.641. The third kappa shape index (κ3) is 4.42. The molecule has 1 atom stereocenters. The van der Waals surface area contributed by atoms with Gasteiger partial charge in [0.05, 0.1) is 0 Å². The average molecular weight is 311 g/mol. The number of nitrogens with one attached hydrogen (secondary N) is 1. The molecule has 0 bridgehead atoms. The molecule has 0 aliphatic carbocycles. The van der Waals surface area contributed by atoms with E-state index < -0.39 is 6.10 Å². The van der Waals surface area contributed by atoms with Crippen LogP contribution in [0.5, 0.6) is 5.75 Å². The maximum Gasteiger partial charge on any atom is 0.265 e. The van der Waals surface area contributed by atoms with Crippen molar-refractivity contribution in [3.63, 3.8) is 0 Å². The molecular weight excluding hydrogens is 290 g/mol. The maximum absolute atomic E-state index is 12.2. The molecule has 2 aromatic rings. The normalized spacial score (nSPS) is 11.7. The van der Waals surface area contributed by atoms with E-state index in [9.17, 15) is 9.59 Å². The van der Waals surface area contributed by atoms with E-state index in [0.29, 0.717) is 17.0 Å². The summed E-state index contributed by atoms with van der Waals surface area (Å²) in [5.41, 5.74) is 3.43. The lowest BCUT2D eigenvalue weighted by molar-refractivity contribution is -0.122. The maximum atomic E-state index is 12.2. The van der Waals surface area contributed by atoms with Gasteiger partial charge >= 0.3 is 0 Å². The number of amides is 1. The van der Waals surface area contributed by atoms with Gasteiger partial charge in [0.2, 0.25) is 0 Å². The van der Waals surface area contributed by atoms with Crippen LogP contribution in [0, 0.1) is 13.8 Å². The Morgan fingerprint density at radius 3 is 2.43 bits per heavy atom. The number of rotatable bonds is 5. The molecule has 0 radical (unpaired) electrons. The molecule has 0 saturated heterocycles. The molecule has 0 spiro atoms. The minimum absolute atomic E-state index is 0.0412. The number of hydrogen-bond donors (Lipinski definition) is 1. The molecule has 0 aliphatic heterocycles. The van der Waals surface area contributed by atoms with E-state index in [-0.39, 0.29) is 11.7 Å². The van der Waals surface area contributed by atoms with Crippen molar-refractivity contribution in [3.05, 3.63) is 59.2 Å². The first-order valence-corrected chi connectivity index (χ1v) is 7.52. The van der Waals surface area contributed by atoms with Crippen LogP contribution >= 0.6 is 0 Å². The van der Waals surface area contributed by atoms with Gasteiger partial charge in [-0.05, 0) is 63.1 Å². The summed E-state index contributed by atoms with van der Waals surface area (Å²) >= 11 is 0. The van der Waals surface area contributed by atoms with E-state index in [1.165, 1.54) is 12.5 Å². The summed E-state index contributed by atoms with van der Waals surface area (Å²) in [6.07, 6.45) is -0.641. The second kappa shape index (κ2) is 7.09. The number of anilines is 1. The van der Waals surface area contributed by atoms with Crippen LogP contribution in [0.25, 0.3) is 0 Å². The van der Waals surface area contributed by atoms with Crippen LogP contribution in [0.2, 0.25) is 0 Å². The molecule has 4 nitrogen and oxygen atoms in total.